The Kier molecular flexibility index (Phi) is 4.13. The van der Waals surface area contributed by atoms with Gasteiger partial charge in [-0.05, 0) is 29.6 Å². The fourth-order valence-electron chi connectivity index (χ4n) is 1.54. The van der Waals surface area contributed by atoms with Crippen molar-refractivity contribution in [2.75, 3.05) is 12.4 Å². The first-order valence-electron chi connectivity index (χ1n) is 5.44. The molecule has 0 radical (unpaired) electrons. The zero-order chi connectivity index (χ0) is 13.8. The molecule has 0 saturated carbocycles. The van der Waals surface area contributed by atoms with Gasteiger partial charge in [-0.15, -0.1) is 11.3 Å². The van der Waals surface area contributed by atoms with Gasteiger partial charge in [-0.2, -0.15) is 0 Å². The minimum absolute atomic E-state index is 0.170. The molecule has 1 amide bonds. The number of hydrogen-bond donors (Lipinski definition) is 2. The van der Waals surface area contributed by atoms with Gasteiger partial charge in [0.2, 0.25) is 0 Å². The van der Waals surface area contributed by atoms with Crippen molar-refractivity contribution >= 4 is 40.1 Å². The van der Waals surface area contributed by atoms with Crippen molar-refractivity contribution in [1.29, 1.82) is 0 Å². The van der Waals surface area contributed by atoms with Gasteiger partial charge in [-0.1, -0.05) is 18.3 Å². The highest BCUT2D eigenvalue weighted by Gasteiger charge is 2.11. The van der Waals surface area contributed by atoms with Gasteiger partial charge in [-0.25, -0.2) is 0 Å². The van der Waals surface area contributed by atoms with E-state index in [0.29, 0.717) is 21.9 Å². The Morgan fingerprint density at radius 3 is 2.79 bits per heavy atom. The summed E-state index contributed by atoms with van der Waals surface area (Å²) in [5, 5.41) is 4.64. The minimum Gasteiger partial charge on any atom is -0.495 e. The van der Waals surface area contributed by atoms with Crippen LogP contribution in [0.15, 0.2) is 35.7 Å². The predicted octanol–water partition coefficient (Wildman–Crippen LogP) is 2.64. The van der Waals surface area contributed by atoms with Crippen LogP contribution in [-0.4, -0.2) is 18.0 Å². The van der Waals surface area contributed by atoms with E-state index in [1.54, 1.807) is 24.3 Å². The summed E-state index contributed by atoms with van der Waals surface area (Å²) in [4.78, 5) is 12.9. The van der Waals surface area contributed by atoms with E-state index in [4.69, 9.17) is 22.7 Å². The Bertz CT molecular complexity index is 609. The van der Waals surface area contributed by atoms with Gasteiger partial charge >= 0.3 is 0 Å². The first-order valence-corrected chi connectivity index (χ1v) is 6.73. The molecule has 2 rings (SSSR count). The van der Waals surface area contributed by atoms with Crippen LogP contribution < -0.4 is 15.8 Å². The first kappa shape index (κ1) is 13.5. The number of amides is 1. The minimum atomic E-state index is -0.170. The van der Waals surface area contributed by atoms with Gasteiger partial charge in [0.25, 0.3) is 5.91 Å². The van der Waals surface area contributed by atoms with Crippen LogP contribution in [0, 0.1) is 0 Å². The third kappa shape index (κ3) is 3.10. The summed E-state index contributed by atoms with van der Waals surface area (Å²) in [6.45, 7) is 0. The summed E-state index contributed by atoms with van der Waals surface area (Å²) >= 11 is 6.28. The standard InChI is InChI=1S/C13H12N2O2S2/c1-17-10-7-8(12(14)18)4-5-9(10)15-13(16)11-3-2-6-19-11/h2-7H,1H3,(H2,14,18)(H,15,16). The van der Waals surface area contributed by atoms with Gasteiger partial charge in [0.15, 0.2) is 0 Å². The number of carbonyl (C=O) groups excluding carboxylic acids is 1. The van der Waals surface area contributed by atoms with Gasteiger partial charge in [0.05, 0.1) is 17.7 Å². The molecule has 2 aromatic rings. The quantitative estimate of drug-likeness (QED) is 0.850. The molecule has 19 heavy (non-hydrogen) atoms. The molecule has 3 N–H and O–H groups in total. The molecule has 0 atom stereocenters. The third-order valence-electron chi connectivity index (χ3n) is 2.48. The molecule has 1 aromatic carbocycles. The summed E-state index contributed by atoms with van der Waals surface area (Å²) in [7, 11) is 1.53. The summed E-state index contributed by atoms with van der Waals surface area (Å²) < 4.78 is 5.23. The Labute approximate surface area is 120 Å². The maximum absolute atomic E-state index is 12.0. The van der Waals surface area contributed by atoms with Crippen LogP contribution in [-0.2, 0) is 0 Å². The van der Waals surface area contributed by atoms with Gasteiger partial charge in [0, 0.05) is 5.56 Å². The van der Waals surface area contributed by atoms with Crippen molar-refractivity contribution < 1.29 is 9.53 Å². The van der Waals surface area contributed by atoms with Crippen LogP contribution in [0.1, 0.15) is 15.2 Å². The number of ether oxygens (including phenoxy) is 1. The number of benzene rings is 1. The molecule has 0 spiro atoms. The molecular weight excluding hydrogens is 280 g/mol. The molecule has 4 nitrogen and oxygen atoms in total. The Hall–Kier alpha value is -1.92. The van der Waals surface area contributed by atoms with Crippen LogP contribution in [0.25, 0.3) is 0 Å². The molecule has 1 aromatic heterocycles. The smallest absolute Gasteiger partial charge is 0.265 e. The zero-order valence-electron chi connectivity index (χ0n) is 10.2. The van der Waals surface area contributed by atoms with Crippen molar-refractivity contribution in [3.63, 3.8) is 0 Å². The van der Waals surface area contributed by atoms with Crippen molar-refractivity contribution in [1.82, 2.24) is 0 Å². The summed E-state index contributed by atoms with van der Waals surface area (Å²) in [5.41, 5.74) is 6.84. The molecular formula is C13H12N2O2S2. The normalized spacial score (nSPS) is 9.95. The molecule has 1 heterocycles. The lowest BCUT2D eigenvalue weighted by Gasteiger charge is -2.11. The monoisotopic (exact) mass is 292 g/mol. The van der Waals surface area contributed by atoms with Crippen molar-refractivity contribution in [2.24, 2.45) is 5.73 Å². The lowest BCUT2D eigenvalue weighted by Crippen LogP contribution is -2.13. The Balaban J connectivity index is 2.25. The molecule has 0 aliphatic carbocycles. The van der Waals surface area contributed by atoms with E-state index in [0.717, 1.165) is 0 Å². The molecule has 98 valence electrons. The number of carbonyl (C=O) groups is 1. The van der Waals surface area contributed by atoms with E-state index in [1.807, 2.05) is 11.4 Å². The fourth-order valence-corrected chi connectivity index (χ4v) is 2.29. The van der Waals surface area contributed by atoms with Crippen molar-refractivity contribution in [3.05, 3.63) is 46.2 Å². The molecule has 0 saturated heterocycles. The van der Waals surface area contributed by atoms with E-state index in [9.17, 15) is 4.79 Å². The average Bonchev–Trinajstić information content (AvgIpc) is 2.92. The van der Waals surface area contributed by atoms with E-state index >= 15 is 0 Å². The molecule has 0 bridgehead atoms. The number of nitrogens with one attached hydrogen (secondary N) is 1. The van der Waals surface area contributed by atoms with E-state index in [2.05, 4.69) is 5.32 Å². The number of methoxy groups -OCH3 is 1. The highest BCUT2D eigenvalue weighted by molar-refractivity contribution is 7.80. The second kappa shape index (κ2) is 5.81. The fraction of sp³-hybridized carbons (Fsp3) is 0.0769. The molecule has 0 unspecified atom stereocenters. The van der Waals surface area contributed by atoms with Crippen molar-refractivity contribution in [3.8, 4) is 5.75 Å². The maximum atomic E-state index is 12.0. The number of rotatable bonds is 4. The van der Waals surface area contributed by atoms with Crippen LogP contribution in [0.3, 0.4) is 0 Å². The number of hydrogen-bond acceptors (Lipinski definition) is 4. The Morgan fingerprint density at radius 1 is 1.42 bits per heavy atom. The van der Waals surface area contributed by atoms with Gasteiger partial charge in [-0.3, -0.25) is 4.79 Å². The molecule has 0 aliphatic heterocycles. The lowest BCUT2D eigenvalue weighted by atomic mass is 10.2. The van der Waals surface area contributed by atoms with E-state index < -0.39 is 0 Å². The summed E-state index contributed by atoms with van der Waals surface area (Å²) in [5.74, 6) is 0.353. The molecule has 0 fully saturated rings. The van der Waals surface area contributed by atoms with E-state index in [-0.39, 0.29) is 10.9 Å². The first-order chi connectivity index (χ1) is 9.11. The third-order valence-corrected chi connectivity index (χ3v) is 3.58. The van der Waals surface area contributed by atoms with Crippen LogP contribution in [0.5, 0.6) is 5.75 Å². The molecule has 6 heteroatoms. The zero-order valence-corrected chi connectivity index (χ0v) is 11.8. The summed E-state index contributed by atoms with van der Waals surface area (Å²) in [6.07, 6.45) is 0. The number of anilines is 1. The second-order valence-electron chi connectivity index (χ2n) is 3.71. The number of thiophene rings is 1. The Morgan fingerprint density at radius 2 is 2.21 bits per heavy atom. The summed E-state index contributed by atoms with van der Waals surface area (Å²) in [6, 6.07) is 8.75. The highest BCUT2D eigenvalue weighted by atomic mass is 32.1. The van der Waals surface area contributed by atoms with Gasteiger partial charge in [0.1, 0.15) is 10.7 Å². The predicted molar refractivity (Wildman–Crippen MR) is 81.2 cm³/mol. The largest absolute Gasteiger partial charge is 0.495 e. The SMILES string of the molecule is COc1cc(C(N)=S)ccc1NC(=O)c1cccs1. The van der Waals surface area contributed by atoms with Crippen LogP contribution in [0.4, 0.5) is 5.69 Å². The van der Waals surface area contributed by atoms with Crippen LogP contribution >= 0.6 is 23.6 Å². The number of thiocarbonyl (C=S) groups is 1. The van der Waals surface area contributed by atoms with Gasteiger partial charge < -0.3 is 15.8 Å². The maximum Gasteiger partial charge on any atom is 0.265 e. The second-order valence-corrected chi connectivity index (χ2v) is 5.10. The molecule has 0 aliphatic rings. The van der Waals surface area contributed by atoms with Crippen molar-refractivity contribution in [2.45, 2.75) is 0 Å². The number of nitrogens with two attached hydrogens (primary N) is 1. The van der Waals surface area contributed by atoms with E-state index in [1.165, 1.54) is 18.4 Å². The highest BCUT2D eigenvalue weighted by Crippen LogP contribution is 2.26. The average molecular weight is 292 g/mol. The topological polar surface area (TPSA) is 64.3 Å². The van der Waals surface area contributed by atoms with Crippen LogP contribution in [0.2, 0.25) is 0 Å². The lowest BCUT2D eigenvalue weighted by molar-refractivity contribution is 0.103.